The van der Waals surface area contributed by atoms with Crippen LogP contribution in [-0.4, -0.2) is 19.7 Å². The van der Waals surface area contributed by atoms with Crippen LogP contribution in [0.25, 0.3) is 11.1 Å². The summed E-state index contributed by atoms with van der Waals surface area (Å²) in [4.78, 5) is 16.4. The Balaban J connectivity index is 1.61. The predicted octanol–water partition coefficient (Wildman–Crippen LogP) is 4.85. The van der Waals surface area contributed by atoms with E-state index in [0.717, 1.165) is 34.5 Å². The Bertz CT molecular complexity index is 851. The van der Waals surface area contributed by atoms with Gasteiger partial charge in [0.25, 0.3) is 0 Å². The lowest BCUT2D eigenvalue weighted by Gasteiger charge is -2.08. The zero-order chi connectivity index (χ0) is 19.2. The molecule has 2 aromatic rings. The van der Waals surface area contributed by atoms with Crippen LogP contribution in [-0.2, 0) is 16.1 Å². The number of amides is 1. The summed E-state index contributed by atoms with van der Waals surface area (Å²) in [6.45, 7) is 7.85. The van der Waals surface area contributed by atoms with Crippen molar-refractivity contribution in [3.8, 4) is 11.1 Å². The van der Waals surface area contributed by atoms with E-state index in [4.69, 9.17) is 4.74 Å². The SMILES string of the molecule is C=C/C=C(\N=C)C1CC1C(=O)Nc1ccc(-c2ccc(COC)cc2)cc1. The van der Waals surface area contributed by atoms with Crippen LogP contribution in [0.3, 0.4) is 0 Å². The van der Waals surface area contributed by atoms with Gasteiger partial charge in [0.15, 0.2) is 0 Å². The average molecular weight is 360 g/mol. The molecule has 0 aliphatic heterocycles. The fourth-order valence-corrected chi connectivity index (χ4v) is 3.17. The second-order valence-electron chi connectivity index (χ2n) is 6.63. The summed E-state index contributed by atoms with van der Waals surface area (Å²) >= 11 is 0. The van der Waals surface area contributed by atoms with Gasteiger partial charge in [-0.1, -0.05) is 49.1 Å². The molecule has 0 bridgehead atoms. The van der Waals surface area contributed by atoms with Crippen molar-refractivity contribution in [3.05, 3.63) is 78.5 Å². The van der Waals surface area contributed by atoms with Crippen LogP contribution in [0.2, 0.25) is 0 Å². The number of methoxy groups -OCH3 is 1. The van der Waals surface area contributed by atoms with Crippen LogP contribution < -0.4 is 5.32 Å². The van der Waals surface area contributed by atoms with Crippen LogP contribution in [0, 0.1) is 11.8 Å². The summed E-state index contributed by atoms with van der Waals surface area (Å²) in [6.07, 6.45) is 4.30. The largest absolute Gasteiger partial charge is 0.380 e. The highest BCUT2D eigenvalue weighted by Gasteiger charge is 2.45. The minimum absolute atomic E-state index is 0.0234. The molecule has 1 aliphatic carbocycles. The average Bonchev–Trinajstić information content (AvgIpc) is 3.48. The molecule has 4 heteroatoms. The molecule has 27 heavy (non-hydrogen) atoms. The highest BCUT2D eigenvalue weighted by Crippen LogP contribution is 2.45. The Morgan fingerprint density at radius 1 is 1.15 bits per heavy atom. The van der Waals surface area contributed by atoms with E-state index in [1.165, 1.54) is 0 Å². The van der Waals surface area contributed by atoms with Gasteiger partial charge in [-0.15, -0.1) is 0 Å². The second-order valence-corrected chi connectivity index (χ2v) is 6.63. The number of aliphatic imine (C=N–C) groups is 1. The lowest BCUT2D eigenvalue weighted by atomic mass is 10.0. The number of rotatable bonds is 8. The summed E-state index contributed by atoms with van der Waals surface area (Å²) < 4.78 is 5.14. The van der Waals surface area contributed by atoms with Crippen LogP contribution >= 0.6 is 0 Å². The maximum Gasteiger partial charge on any atom is 0.228 e. The number of nitrogens with zero attached hydrogens (tertiary/aromatic N) is 1. The van der Waals surface area contributed by atoms with Crippen LogP contribution in [0.4, 0.5) is 5.69 Å². The van der Waals surface area contributed by atoms with E-state index in [9.17, 15) is 4.79 Å². The fraction of sp³-hybridized carbons (Fsp3) is 0.217. The van der Waals surface area contributed by atoms with Crippen molar-refractivity contribution in [2.45, 2.75) is 13.0 Å². The van der Waals surface area contributed by atoms with Crippen molar-refractivity contribution in [2.75, 3.05) is 12.4 Å². The minimum atomic E-state index is -0.0466. The molecule has 0 heterocycles. The van der Waals surface area contributed by atoms with Gasteiger partial charge < -0.3 is 10.1 Å². The Morgan fingerprint density at radius 3 is 2.33 bits per heavy atom. The molecular formula is C23H24N2O2. The number of carbonyl (C=O) groups is 1. The zero-order valence-electron chi connectivity index (χ0n) is 15.5. The first-order valence-electron chi connectivity index (χ1n) is 8.94. The molecule has 0 spiro atoms. The summed E-state index contributed by atoms with van der Waals surface area (Å²) in [5.41, 5.74) is 5.01. The molecule has 4 nitrogen and oxygen atoms in total. The van der Waals surface area contributed by atoms with Crippen molar-refractivity contribution in [1.29, 1.82) is 0 Å². The quantitative estimate of drug-likeness (QED) is 0.541. The van der Waals surface area contributed by atoms with Gasteiger partial charge in [0.05, 0.1) is 6.61 Å². The van der Waals surface area contributed by atoms with Gasteiger partial charge in [0, 0.05) is 30.3 Å². The lowest BCUT2D eigenvalue weighted by Crippen LogP contribution is -2.15. The molecule has 2 unspecified atom stereocenters. The lowest BCUT2D eigenvalue weighted by molar-refractivity contribution is -0.117. The molecule has 2 atom stereocenters. The molecule has 138 valence electrons. The highest BCUT2D eigenvalue weighted by molar-refractivity contribution is 5.95. The molecule has 1 aliphatic rings. The fourth-order valence-electron chi connectivity index (χ4n) is 3.17. The number of allylic oxidation sites excluding steroid dienone is 3. The predicted molar refractivity (Wildman–Crippen MR) is 111 cm³/mol. The number of hydrogen-bond donors (Lipinski definition) is 1. The zero-order valence-corrected chi connectivity index (χ0v) is 15.5. The van der Waals surface area contributed by atoms with Gasteiger partial charge in [-0.25, -0.2) is 0 Å². The summed E-state index contributed by atoms with van der Waals surface area (Å²) in [6, 6.07) is 16.2. The van der Waals surface area contributed by atoms with E-state index in [-0.39, 0.29) is 17.7 Å². The van der Waals surface area contributed by atoms with E-state index in [1.54, 1.807) is 13.2 Å². The normalized spacial score (nSPS) is 18.6. The van der Waals surface area contributed by atoms with Crippen molar-refractivity contribution >= 4 is 18.3 Å². The van der Waals surface area contributed by atoms with Gasteiger partial charge >= 0.3 is 0 Å². The Morgan fingerprint density at radius 2 is 1.78 bits per heavy atom. The second kappa shape index (κ2) is 8.60. The molecule has 3 rings (SSSR count). The Hall–Kier alpha value is -2.98. The Kier molecular flexibility index (Phi) is 5.99. The molecule has 0 saturated heterocycles. The molecule has 1 saturated carbocycles. The monoisotopic (exact) mass is 360 g/mol. The Labute approximate surface area is 160 Å². The third kappa shape index (κ3) is 4.60. The van der Waals surface area contributed by atoms with E-state index < -0.39 is 0 Å². The first-order chi connectivity index (χ1) is 13.2. The van der Waals surface area contributed by atoms with Gasteiger partial charge in [-0.05, 0) is 48.0 Å². The van der Waals surface area contributed by atoms with Gasteiger partial charge in [-0.3, -0.25) is 9.79 Å². The summed E-state index contributed by atoms with van der Waals surface area (Å²) in [5, 5.41) is 2.99. The molecule has 2 aromatic carbocycles. The van der Waals surface area contributed by atoms with E-state index in [2.05, 4.69) is 47.9 Å². The maximum absolute atomic E-state index is 12.4. The first kappa shape index (κ1) is 18.8. The minimum Gasteiger partial charge on any atom is -0.380 e. The molecule has 0 aromatic heterocycles. The third-order valence-electron chi connectivity index (χ3n) is 4.73. The van der Waals surface area contributed by atoms with Gasteiger partial charge in [0.2, 0.25) is 5.91 Å². The van der Waals surface area contributed by atoms with Crippen LogP contribution in [0.15, 0.2) is 78.0 Å². The van der Waals surface area contributed by atoms with Gasteiger partial charge in [0.1, 0.15) is 0 Å². The van der Waals surface area contributed by atoms with Crippen LogP contribution in [0.1, 0.15) is 12.0 Å². The molecule has 1 fully saturated rings. The van der Waals surface area contributed by atoms with Crippen molar-refractivity contribution < 1.29 is 9.53 Å². The summed E-state index contributed by atoms with van der Waals surface area (Å²) in [7, 11) is 1.69. The molecule has 0 radical (unpaired) electrons. The third-order valence-corrected chi connectivity index (χ3v) is 4.73. The van der Waals surface area contributed by atoms with Gasteiger partial charge in [-0.2, -0.15) is 0 Å². The van der Waals surface area contributed by atoms with E-state index >= 15 is 0 Å². The number of benzene rings is 2. The molecular weight excluding hydrogens is 336 g/mol. The molecule has 1 amide bonds. The van der Waals surface area contributed by atoms with E-state index in [0.29, 0.717) is 6.61 Å². The van der Waals surface area contributed by atoms with E-state index in [1.807, 2.05) is 30.3 Å². The number of anilines is 1. The standard InChI is InChI=1S/C23H24N2O2/c1-4-5-22(24-2)20-14-21(20)23(26)25-19-12-10-18(11-13-19)17-8-6-16(7-9-17)15-27-3/h4-13,20-21H,1-2,14-15H2,3H3,(H,25,26)/b22-5-. The number of ether oxygens (including phenoxy) is 1. The first-order valence-corrected chi connectivity index (χ1v) is 8.94. The number of nitrogens with one attached hydrogen (secondary N) is 1. The summed E-state index contributed by atoms with van der Waals surface area (Å²) in [5.74, 6) is 0.121. The number of carbonyl (C=O) groups excluding carboxylic acids is 1. The van der Waals surface area contributed by atoms with Crippen molar-refractivity contribution in [3.63, 3.8) is 0 Å². The molecule has 1 N–H and O–H groups in total. The number of hydrogen-bond acceptors (Lipinski definition) is 3. The smallest absolute Gasteiger partial charge is 0.228 e. The maximum atomic E-state index is 12.4. The van der Waals surface area contributed by atoms with Crippen molar-refractivity contribution in [2.24, 2.45) is 16.8 Å². The highest BCUT2D eigenvalue weighted by atomic mass is 16.5. The topological polar surface area (TPSA) is 50.7 Å². The van der Waals surface area contributed by atoms with Crippen molar-refractivity contribution in [1.82, 2.24) is 0 Å². The van der Waals surface area contributed by atoms with Crippen LogP contribution in [0.5, 0.6) is 0 Å².